The van der Waals surface area contributed by atoms with Crippen LogP contribution in [0.5, 0.6) is 11.5 Å². The highest BCUT2D eigenvalue weighted by Gasteiger charge is 2.53. The molecule has 0 radical (unpaired) electrons. The van der Waals surface area contributed by atoms with Crippen molar-refractivity contribution in [2.75, 3.05) is 11.9 Å². The molecule has 0 aromatic heterocycles. The number of benzene rings is 3. The number of nitro groups is 1. The van der Waals surface area contributed by atoms with Crippen LogP contribution in [0.1, 0.15) is 35.8 Å². The van der Waals surface area contributed by atoms with Crippen LogP contribution in [0.4, 0.5) is 11.4 Å². The van der Waals surface area contributed by atoms with Crippen molar-refractivity contribution >= 4 is 29.1 Å². The molecule has 2 unspecified atom stereocenters. The molecule has 11 heteroatoms. The van der Waals surface area contributed by atoms with Crippen LogP contribution in [0.3, 0.4) is 0 Å². The zero-order valence-electron chi connectivity index (χ0n) is 20.0. The van der Waals surface area contributed by atoms with E-state index in [0.29, 0.717) is 11.4 Å². The van der Waals surface area contributed by atoms with Crippen molar-refractivity contribution in [1.29, 1.82) is 0 Å². The zero-order valence-corrected chi connectivity index (χ0v) is 20.0. The van der Waals surface area contributed by atoms with Crippen molar-refractivity contribution in [1.82, 2.24) is 10.4 Å². The van der Waals surface area contributed by atoms with Crippen LogP contribution in [0.2, 0.25) is 0 Å². The lowest BCUT2D eigenvalue weighted by atomic mass is 9.91. The van der Waals surface area contributed by atoms with Crippen molar-refractivity contribution in [3.63, 3.8) is 0 Å². The molecule has 1 aliphatic heterocycles. The Kier molecular flexibility index (Phi) is 7.33. The number of nitro benzene ring substituents is 1. The summed E-state index contributed by atoms with van der Waals surface area (Å²) in [4.78, 5) is 48.9. The number of amides is 3. The molecule has 0 bridgehead atoms. The number of para-hydroxylation sites is 2. The predicted molar refractivity (Wildman–Crippen MR) is 133 cm³/mol. The second kappa shape index (κ2) is 10.8. The first-order valence-electron chi connectivity index (χ1n) is 11.4. The lowest BCUT2D eigenvalue weighted by Gasteiger charge is -2.45. The number of carbonyl (C=O) groups excluding carboxylic acids is 3. The summed E-state index contributed by atoms with van der Waals surface area (Å²) in [6, 6.07) is 18.1. The van der Waals surface area contributed by atoms with Gasteiger partial charge in [-0.2, -0.15) is 0 Å². The second-order valence-corrected chi connectivity index (χ2v) is 8.09. The summed E-state index contributed by atoms with van der Waals surface area (Å²) in [5.74, 6) is -0.940. The number of anilines is 1. The number of hydrogen-bond acceptors (Lipinski definition) is 7. The van der Waals surface area contributed by atoms with Gasteiger partial charge in [0.1, 0.15) is 17.5 Å². The largest absolute Gasteiger partial charge is 0.493 e. The first-order chi connectivity index (χ1) is 17.8. The minimum absolute atomic E-state index is 0.109. The Morgan fingerprint density at radius 2 is 1.76 bits per heavy atom. The van der Waals surface area contributed by atoms with Crippen molar-refractivity contribution in [3.05, 3.63) is 94.0 Å². The van der Waals surface area contributed by atoms with E-state index in [1.807, 2.05) is 0 Å². The molecule has 2 N–H and O–H groups in total. The predicted octanol–water partition coefficient (Wildman–Crippen LogP) is 3.63. The molecule has 1 heterocycles. The average Bonchev–Trinajstić information content (AvgIpc) is 2.88. The van der Waals surface area contributed by atoms with Crippen LogP contribution in [0.25, 0.3) is 0 Å². The third-order valence-corrected chi connectivity index (χ3v) is 5.57. The van der Waals surface area contributed by atoms with Crippen molar-refractivity contribution < 1.29 is 28.8 Å². The third-order valence-electron chi connectivity index (χ3n) is 5.57. The van der Waals surface area contributed by atoms with Crippen LogP contribution >= 0.6 is 0 Å². The number of β-lactam (4-membered cyclic amide) rings is 1. The summed E-state index contributed by atoms with van der Waals surface area (Å²) in [6.07, 6.45) is -1.10. The molecule has 4 rings (SSSR count). The van der Waals surface area contributed by atoms with Gasteiger partial charge in [0.15, 0.2) is 0 Å². The van der Waals surface area contributed by atoms with Gasteiger partial charge < -0.3 is 14.8 Å². The fourth-order valence-corrected chi connectivity index (χ4v) is 3.99. The molecule has 0 spiro atoms. The highest BCUT2D eigenvalue weighted by atomic mass is 16.6. The number of carbonyl (C=O) groups is 3. The van der Waals surface area contributed by atoms with E-state index >= 15 is 0 Å². The van der Waals surface area contributed by atoms with Gasteiger partial charge in [-0.3, -0.25) is 29.9 Å². The molecule has 1 saturated heterocycles. The number of hydrazine groups is 1. The van der Waals surface area contributed by atoms with Gasteiger partial charge in [-0.15, -0.1) is 0 Å². The highest BCUT2D eigenvalue weighted by molar-refractivity contribution is 6.00. The summed E-state index contributed by atoms with van der Waals surface area (Å²) in [5.41, 5.74) is 3.08. The van der Waals surface area contributed by atoms with Crippen LogP contribution in [-0.2, 0) is 9.59 Å². The third kappa shape index (κ3) is 5.35. The second-order valence-electron chi connectivity index (χ2n) is 8.09. The van der Waals surface area contributed by atoms with E-state index in [2.05, 4.69) is 10.7 Å². The Labute approximate surface area is 212 Å². The number of rotatable bonds is 9. The van der Waals surface area contributed by atoms with Gasteiger partial charge in [0, 0.05) is 24.7 Å². The van der Waals surface area contributed by atoms with E-state index < -0.39 is 28.9 Å². The lowest BCUT2D eigenvalue weighted by Crippen LogP contribution is -2.67. The summed E-state index contributed by atoms with van der Waals surface area (Å²) in [6.45, 7) is 3.34. The van der Waals surface area contributed by atoms with Crippen molar-refractivity contribution in [2.45, 2.75) is 26.0 Å². The number of nitrogens with zero attached hydrogens (tertiary/aromatic N) is 2. The molecule has 0 saturated carbocycles. The van der Waals surface area contributed by atoms with E-state index in [0.717, 1.165) is 5.01 Å². The fourth-order valence-electron chi connectivity index (χ4n) is 3.99. The number of ether oxygens (including phenoxy) is 2. The first-order valence-corrected chi connectivity index (χ1v) is 11.4. The van der Waals surface area contributed by atoms with E-state index in [1.54, 1.807) is 43.3 Å². The van der Waals surface area contributed by atoms with Gasteiger partial charge in [-0.05, 0) is 37.3 Å². The molecular weight excluding hydrogens is 480 g/mol. The van der Waals surface area contributed by atoms with Crippen molar-refractivity contribution in [2.24, 2.45) is 0 Å². The lowest BCUT2D eigenvalue weighted by molar-refractivity contribution is -0.386. The molecule has 3 amide bonds. The minimum atomic E-state index is -1.10. The maximum absolute atomic E-state index is 13.2. The Hall–Kier alpha value is -4.93. The number of nitrogens with one attached hydrogen (secondary N) is 2. The summed E-state index contributed by atoms with van der Waals surface area (Å²) < 4.78 is 11.4. The monoisotopic (exact) mass is 504 g/mol. The SMILES string of the molecule is CCOc1cc(NC(C)=O)ccc1C(=O)NN1C(=O)C(Oc2ccccc2)C1c1ccccc1[N+](=O)[O-]. The van der Waals surface area contributed by atoms with Gasteiger partial charge >= 0.3 is 0 Å². The highest BCUT2D eigenvalue weighted by Crippen LogP contribution is 2.40. The standard InChI is InChI=1S/C26H24N4O7/c1-3-36-22-15-17(27-16(2)31)13-14-20(22)25(32)28-29-23(19-11-7-8-12-21(19)30(34)35)24(26(29)33)37-18-9-5-4-6-10-18/h4-15,23-24H,3H2,1-2H3,(H,27,31)(H,28,32). The molecule has 11 nitrogen and oxygen atoms in total. The molecule has 2 atom stereocenters. The van der Waals surface area contributed by atoms with E-state index in [1.165, 1.54) is 43.3 Å². The Morgan fingerprint density at radius 1 is 1.05 bits per heavy atom. The first kappa shape index (κ1) is 25.2. The molecule has 190 valence electrons. The van der Waals surface area contributed by atoms with Crippen LogP contribution < -0.4 is 20.2 Å². The molecule has 1 fully saturated rings. The van der Waals surface area contributed by atoms with Crippen LogP contribution in [0.15, 0.2) is 72.8 Å². The van der Waals surface area contributed by atoms with E-state index in [-0.39, 0.29) is 35.1 Å². The molecule has 1 aliphatic rings. The average molecular weight is 504 g/mol. The van der Waals surface area contributed by atoms with Crippen molar-refractivity contribution in [3.8, 4) is 11.5 Å². The molecular formula is C26H24N4O7. The molecule has 3 aromatic carbocycles. The van der Waals surface area contributed by atoms with Gasteiger partial charge in [0.2, 0.25) is 12.0 Å². The normalized spacial score (nSPS) is 16.4. The molecule has 0 aliphatic carbocycles. The number of hydrogen-bond donors (Lipinski definition) is 2. The fraction of sp³-hybridized carbons (Fsp3) is 0.192. The maximum Gasteiger partial charge on any atom is 0.285 e. The topological polar surface area (TPSA) is 140 Å². The summed E-state index contributed by atoms with van der Waals surface area (Å²) in [5, 5.41) is 15.4. The summed E-state index contributed by atoms with van der Waals surface area (Å²) >= 11 is 0. The molecule has 37 heavy (non-hydrogen) atoms. The zero-order chi connectivity index (χ0) is 26.5. The van der Waals surface area contributed by atoms with Gasteiger partial charge in [-0.1, -0.05) is 30.3 Å². The van der Waals surface area contributed by atoms with E-state index in [4.69, 9.17) is 9.47 Å². The van der Waals surface area contributed by atoms with E-state index in [9.17, 15) is 24.5 Å². The smallest absolute Gasteiger partial charge is 0.285 e. The van der Waals surface area contributed by atoms with Crippen LogP contribution in [0, 0.1) is 10.1 Å². The van der Waals surface area contributed by atoms with Gasteiger partial charge in [-0.25, -0.2) is 5.01 Å². The minimum Gasteiger partial charge on any atom is -0.493 e. The summed E-state index contributed by atoms with van der Waals surface area (Å²) in [7, 11) is 0. The Balaban J connectivity index is 1.65. The quantitative estimate of drug-likeness (QED) is 0.258. The van der Waals surface area contributed by atoms with Gasteiger partial charge in [0.25, 0.3) is 17.5 Å². The Bertz CT molecular complexity index is 1350. The molecule has 3 aromatic rings. The maximum atomic E-state index is 13.2. The van der Waals surface area contributed by atoms with Crippen LogP contribution in [-0.4, -0.2) is 40.4 Å². The van der Waals surface area contributed by atoms with Gasteiger partial charge in [0.05, 0.1) is 22.7 Å². The Morgan fingerprint density at radius 3 is 2.43 bits per heavy atom.